The minimum atomic E-state index is 0.0828. The van der Waals surface area contributed by atoms with Crippen molar-refractivity contribution in [1.29, 1.82) is 0 Å². The third-order valence-corrected chi connectivity index (χ3v) is 2.86. The van der Waals surface area contributed by atoms with Crippen LogP contribution in [0, 0.1) is 5.41 Å². The molecule has 0 saturated carbocycles. The first-order valence-corrected chi connectivity index (χ1v) is 6.02. The summed E-state index contributed by atoms with van der Waals surface area (Å²) in [4.78, 5) is 4.48. The molecule has 0 aliphatic carbocycles. The van der Waals surface area contributed by atoms with Gasteiger partial charge in [-0.05, 0) is 24.0 Å². The summed E-state index contributed by atoms with van der Waals surface area (Å²) in [7, 11) is 0. The summed E-state index contributed by atoms with van der Waals surface area (Å²) in [5, 5.41) is 11.4. The van der Waals surface area contributed by atoms with Crippen LogP contribution in [-0.2, 0) is 6.42 Å². The van der Waals surface area contributed by atoms with Gasteiger partial charge >= 0.3 is 0 Å². The van der Waals surface area contributed by atoms with Crippen LogP contribution in [0.5, 0.6) is 5.75 Å². The van der Waals surface area contributed by atoms with Crippen LogP contribution in [0.15, 0.2) is 24.3 Å². The number of fused-ring (bicyclic) bond motifs is 1. The van der Waals surface area contributed by atoms with Crippen LogP contribution < -0.4 is 0 Å². The number of para-hydroxylation sites is 1. The van der Waals surface area contributed by atoms with Crippen molar-refractivity contribution in [2.75, 3.05) is 0 Å². The molecule has 90 valence electrons. The fourth-order valence-electron chi connectivity index (χ4n) is 1.82. The minimum absolute atomic E-state index is 0.0828. The molecule has 1 N–H and O–H groups in total. The normalized spacial score (nSPS) is 12.0. The first-order chi connectivity index (χ1) is 7.87. The van der Waals surface area contributed by atoms with E-state index in [1.165, 1.54) is 0 Å². The van der Waals surface area contributed by atoms with E-state index in [1.54, 1.807) is 6.07 Å². The number of halogens is 1. The lowest BCUT2D eigenvalue weighted by atomic mass is 9.90. The van der Waals surface area contributed by atoms with Crippen molar-refractivity contribution in [3.8, 4) is 5.75 Å². The molecular formula is C14H16ClNO. The number of hydrogen-bond acceptors (Lipinski definition) is 2. The van der Waals surface area contributed by atoms with Crippen molar-refractivity contribution in [2.45, 2.75) is 27.2 Å². The van der Waals surface area contributed by atoms with E-state index < -0.39 is 0 Å². The van der Waals surface area contributed by atoms with Gasteiger partial charge in [-0.3, -0.25) is 0 Å². The fourth-order valence-corrected chi connectivity index (χ4v) is 2.05. The van der Waals surface area contributed by atoms with Gasteiger partial charge < -0.3 is 5.11 Å². The van der Waals surface area contributed by atoms with E-state index in [1.807, 2.05) is 18.2 Å². The van der Waals surface area contributed by atoms with Crippen LogP contribution in [0.3, 0.4) is 0 Å². The third-order valence-electron chi connectivity index (χ3n) is 2.55. The van der Waals surface area contributed by atoms with E-state index in [0.29, 0.717) is 10.7 Å². The van der Waals surface area contributed by atoms with E-state index >= 15 is 0 Å². The van der Waals surface area contributed by atoms with Crippen LogP contribution in [0.1, 0.15) is 26.5 Å². The number of rotatable bonds is 1. The zero-order valence-electron chi connectivity index (χ0n) is 10.3. The third kappa shape index (κ3) is 2.70. The van der Waals surface area contributed by atoms with Crippen LogP contribution in [0.25, 0.3) is 10.9 Å². The van der Waals surface area contributed by atoms with Crippen molar-refractivity contribution < 1.29 is 5.11 Å². The molecule has 3 heteroatoms. The second kappa shape index (κ2) is 4.19. The van der Waals surface area contributed by atoms with Crippen LogP contribution in [0.2, 0.25) is 5.02 Å². The highest BCUT2D eigenvalue weighted by atomic mass is 35.5. The molecular weight excluding hydrogens is 234 g/mol. The smallest absolute Gasteiger partial charge is 0.137 e. The van der Waals surface area contributed by atoms with Gasteiger partial charge in [0, 0.05) is 5.39 Å². The molecule has 2 nitrogen and oxygen atoms in total. The summed E-state index contributed by atoms with van der Waals surface area (Å²) in [5.41, 5.74) is 1.55. The highest BCUT2D eigenvalue weighted by Gasteiger charge is 2.16. The summed E-state index contributed by atoms with van der Waals surface area (Å²) >= 11 is 6.11. The molecule has 0 bridgehead atoms. The van der Waals surface area contributed by atoms with Gasteiger partial charge in [-0.15, -0.1) is 0 Å². The number of aromatic nitrogens is 1. The average molecular weight is 250 g/mol. The molecule has 0 fully saturated rings. The van der Waals surface area contributed by atoms with Gasteiger partial charge in [-0.1, -0.05) is 44.5 Å². The molecule has 1 aromatic heterocycles. The van der Waals surface area contributed by atoms with E-state index in [9.17, 15) is 5.11 Å². The molecule has 1 heterocycles. The van der Waals surface area contributed by atoms with Gasteiger partial charge in [0.15, 0.2) is 0 Å². The Hall–Kier alpha value is -1.28. The van der Waals surface area contributed by atoms with Crippen LogP contribution in [-0.4, -0.2) is 10.1 Å². The number of hydrogen-bond donors (Lipinski definition) is 1. The van der Waals surface area contributed by atoms with E-state index in [2.05, 4.69) is 25.8 Å². The lowest BCUT2D eigenvalue weighted by Crippen LogP contribution is -2.10. The van der Waals surface area contributed by atoms with Crippen molar-refractivity contribution in [3.05, 3.63) is 35.0 Å². The van der Waals surface area contributed by atoms with Gasteiger partial charge in [0.05, 0.1) is 16.2 Å². The molecule has 0 aliphatic heterocycles. The van der Waals surface area contributed by atoms with Gasteiger partial charge in [-0.25, -0.2) is 4.98 Å². The first-order valence-electron chi connectivity index (χ1n) is 5.64. The van der Waals surface area contributed by atoms with Gasteiger partial charge in [-0.2, -0.15) is 0 Å². The average Bonchev–Trinajstić information content (AvgIpc) is 2.18. The molecule has 0 atom stereocenters. The van der Waals surface area contributed by atoms with Gasteiger partial charge in [0.2, 0.25) is 0 Å². The summed E-state index contributed by atoms with van der Waals surface area (Å²) in [6.45, 7) is 6.35. The van der Waals surface area contributed by atoms with E-state index in [0.717, 1.165) is 17.3 Å². The highest BCUT2D eigenvalue weighted by Crippen LogP contribution is 2.30. The summed E-state index contributed by atoms with van der Waals surface area (Å²) in [5.74, 6) is 0.245. The summed E-state index contributed by atoms with van der Waals surface area (Å²) in [6.07, 6.45) is 0.722. The SMILES string of the molecule is CC(C)(C)Cc1nc2c(Cl)cccc2cc1O. The zero-order valence-corrected chi connectivity index (χ0v) is 11.0. The Bertz CT molecular complexity index is 558. The summed E-state index contributed by atoms with van der Waals surface area (Å²) in [6, 6.07) is 7.30. The molecule has 1 aromatic carbocycles. The predicted molar refractivity (Wildman–Crippen MR) is 71.6 cm³/mol. The predicted octanol–water partition coefficient (Wildman–Crippen LogP) is 4.18. The topological polar surface area (TPSA) is 33.1 Å². The number of benzene rings is 1. The lowest BCUT2D eigenvalue weighted by molar-refractivity contribution is 0.389. The Morgan fingerprint density at radius 3 is 2.65 bits per heavy atom. The van der Waals surface area contributed by atoms with Crippen LogP contribution >= 0.6 is 11.6 Å². The Balaban J connectivity index is 2.58. The molecule has 0 spiro atoms. The Morgan fingerprint density at radius 1 is 1.29 bits per heavy atom. The molecule has 0 amide bonds. The Morgan fingerprint density at radius 2 is 2.00 bits per heavy atom. The number of pyridine rings is 1. The molecule has 0 unspecified atom stereocenters. The van der Waals surface area contributed by atoms with Crippen molar-refractivity contribution >= 4 is 22.5 Å². The largest absolute Gasteiger partial charge is 0.506 e. The molecule has 2 rings (SSSR count). The fraction of sp³-hybridized carbons (Fsp3) is 0.357. The summed E-state index contributed by atoms with van der Waals surface area (Å²) < 4.78 is 0. The van der Waals surface area contributed by atoms with Crippen molar-refractivity contribution in [2.24, 2.45) is 5.41 Å². The Kier molecular flexibility index (Phi) is 3.00. The maximum atomic E-state index is 9.96. The monoisotopic (exact) mass is 249 g/mol. The molecule has 0 aliphatic rings. The molecule has 0 saturated heterocycles. The van der Waals surface area contributed by atoms with E-state index in [-0.39, 0.29) is 11.2 Å². The zero-order chi connectivity index (χ0) is 12.6. The van der Waals surface area contributed by atoms with Crippen molar-refractivity contribution in [1.82, 2.24) is 4.98 Å². The van der Waals surface area contributed by atoms with E-state index in [4.69, 9.17) is 11.6 Å². The van der Waals surface area contributed by atoms with Crippen molar-refractivity contribution in [3.63, 3.8) is 0 Å². The van der Waals surface area contributed by atoms with Gasteiger partial charge in [0.1, 0.15) is 5.75 Å². The number of aromatic hydroxyl groups is 1. The standard InChI is InChI=1S/C14H16ClNO/c1-14(2,3)8-11-12(17)7-9-5-4-6-10(15)13(9)16-11/h4-7,17H,8H2,1-3H3. The molecule has 2 aromatic rings. The second-order valence-corrected chi connectivity index (χ2v) is 5.91. The maximum Gasteiger partial charge on any atom is 0.137 e. The quantitative estimate of drug-likeness (QED) is 0.822. The maximum absolute atomic E-state index is 9.96. The first kappa shape index (κ1) is 12.2. The molecule has 0 radical (unpaired) electrons. The highest BCUT2D eigenvalue weighted by molar-refractivity contribution is 6.35. The molecule has 17 heavy (non-hydrogen) atoms. The Labute approximate surface area is 106 Å². The van der Waals surface area contributed by atoms with Crippen LogP contribution in [0.4, 0.5) is 0 Å². The second-order valence-electron chi connectivity index (χ2n) is 5.50. The number of nitrogens with zero attached hydrogens (tertiary/aromatic N) is 1. The lowest BCUT2D eigenvalue weighted by Gasteiger charge is -2.18. The minimum Gasteiger partial charge on any atom is -0.506 e. The van der Waals surface area contributed by atoms with Gasteiger partial charge in [0.25, 0.3) is 0 Å².